The SMILES string of the molecule is CCC(c1cccs1)n1c(=S)[nH]c2cc(I)ccc21. The van der Waals surface area contributed by atoms with Gasteiger partial charge in [-0.25, -0.2) is 0 Å². The molecule has 3 rings (SSSR count). The van der Waals surface area contributed by atoms with Gasteiger partial charge in [0, 0.05) is 8.45 Å². The molecule has 0 aliphatic heterocycles. The summed E-state index contributed by atoms with van der Waals surface area (Å²) >= 11 is 9.64. The second-order valence-corrected chi connectivity index (χ2v) is 7.01. The van der Waals surface area contributed by atoms with Crippen LogP contribution < -0.4 is 0 Å². The smallest absolute Gasteiger partial charge is 0.178 e. The molecule has 1 unspecified atom stereocenters. The maximum absolute atomic E-state index is 5.52. The van der Waals surface area contributed by atoms with Gasteiger partial charge in [0.1, 0.15) is 0 Å². The van der Waals surface area contributed by atoms with Crippen molar-refractivity contribution in [2.75, 3.05) is 0 Å². The highest BCUT2D eigenvalue weighted by Gasteiger charge is 2.16. The number of hydrogen-bond acceptors (Lipinski definition) is 2. The summed E-state index contributed by atoms with van der Waals surface area (Å²) in [7, 11) is 0. The van der Waals surface area contributed by atoms with Gasteiger partial charge >= 0.3 is 0 Å². The van der Waals surface area contributed by atoms with Crippen molar-refractivity contribution in [1.29, 1.82) is 0 Å². The highest BCUT2D eigenvalue weighted by molar-refractivity contribution is 14.1. The molecule has 2 heterocycles. The normalized spacial score (nSPS) is 12.9. The Morgan fingerprint density at radius 1 is 1.42 bits per heavy atom. The summed E-state index contributed by atoms with van der Waals surface area (Å²) in [4.78, 5) is 4.68. The van der Waals surface area contributed by atoms with E-state index in [1.165, 1.54) is 14.0 Å². The lowest BCUT2D eigenvalue weighted by molar-refractivity contribution is 0.584. The zero-order chi connectivity index (χ0) is 13.4. The van der Waals surface area contributed by atoms with Crippen LogP contribution in [0.2, 0.25) is 0 Å². The Morgan fingerprint density at radius 2 is 2.26 bits per heavy atom. The van der Waals surface area contributed by atoms with Gasteiger partial charge < -0.3 is 9.55 Å². The molecule has 1 atom stereocenters. The molecule has 2 aromatic heterocycles. The zero-order valence-electron chi connectivity index (χ0n) is 10.4. The highest BCUT2D eigenvalue weighted by atomic mass is 127. The number of nitrogens with one attached hydrogen (secondary N) is 1. The monoisotopic (exact) mass is 400 g/mol. The average Bonchev–Trinajstić information content (AvgIpc) is 2.99. The molecular formula is C14H13IN2S2. The minimum atomic E-state index is 0.321. The molecule has 1 N–H and O–H groups in total. The zero-order valence-corrected chi connectivity index (χ0v) is 14.2. The molecule has 0 saturated heterocycles. The summed E-state index contributed by atoms with van der Waals surface area (Å²) < 4.78 is 4.27. The van der Waals surface area contributed by atoms with Crippen LogP contribution in [0.25, 0.3) is 11.0 Å². The molecule has 0 aliphatic rings. The number of nitrogens with zero attached hydrogens (tertiary/aromatic N) is 1. The number of hydrogen-bond donors (Lipinski definition) is 1. The predicted octanol–water partition coefficient (Wildman–Crippen LogP) is 5.36. The lowest BCUT2D eigenvalue weighted by atomic mass is 10.2. The topological polar surface area (TPSA) is 20.7 Å². The number of benzene rings is 1. The third-order valence-electron chi connectivity index (χ3n) is 3.25. The molecule has 0 saturated carbocycles. The van der Waals surface area contributed by atoms with Crippen LogP contribution in [0.5, 0.6) is 0 Å². The van der Waals surface area contributed by atoms with Gasteiger partial charge in [-0.2, -0.15) is 0 Å². The Morgan fingerprint density at radius 3 is 2.95 bits per heavy atom. The van der Waals surface area contributed by atoms with E-state index in [0.717, 1.165) is 16.7 Å². The van der Waals surface area contributed by atoms with E-state index in [1.54, 1.807) is 11.3 Å². The summed E-state index contributed by atoms with van der Waals surface area (Å²) in [6.45, 7) is 2.21. The molecule has 2 nitrogen and oxygen atoms in total. The van der Waals surface area contributed by atoms with Crippen LogP contribution >= 0.6 is 46.1 Å². The summed E-state index contributed by atoms with van der Waals surface area (Å²) in [6.07, 6.45) is 1.04. The molecule has 0 amide bonds. The van der Waals surface area contributed by atoms with E-state index in [9.17, 15) is 0 Å². The third kappa shape index (κ3) is 2.39. The first-order chi connectivity index (χ1) is 9.20. The number of rotatable bonds is 3. The van der Waals surface area contributed by atoms with E-state index in [1.807, 2.05) is 0 Å². The van der Waals surface area contributed by atoms with E-state index in [4.69, 9.17) is 12.2 Å². The van der Waals surface area contributed by atoms with Crippen molar-refractivity contribution in [2.24, 2.45) is 0 Å². The van der Waals surface area contributed by atoms with Crippen LogP contribution in [0.4, 0.5) is 0 Å². The van der Waals surface area contributed by atoms with E-state index in [2.05, 4.69) is 74.8 Å². The molecule has 3 aromatic rings. The van der Waals surface area contributed by atoms with E-state index in [0.29, 0.717) is 6.04 Å². The average molecular weight is 400 g/mol. The predicted molar refractivity (Wildman–Crippen MR) is 92.6 cm³/mol. The van der Waals surface area contributed by atoms with Crippen molar-refractivity contribution in [3.05, 3.63) is 48.9 Å². The first kappa shape index (κ1) is 13.3. The second-order valence-electron chi connectivity index (χ2n) is 4.40. The van der Waals surface area contributed by atoms with Crippen molar-refractivity contribution in [1.82, 2.24) is 9.55 Å². The van der Waals surface area contributed by atoms with Crippen molar-refractivity contribution in [2.45, 2.75) is 19.4 Å². The summed E-state index contributed by atoms with van der Waals surface area (Å²) in [5.41, 5.74) is 2.30. The fourth-order valence-electron chi connectivity index (χ4n) is 2.40. The summed E-state index contributed by atoms with van der Waals surface area (Å²) in [6, 6.07) is 11.0. The van der Waals surface area contributed by atoms with Crippen molar-refractivity contribution in [3.63, 3.8) is 0 Å². The Kier molecular flexibility index (Phi) is 3.77. The van der Waals surface area contributed by atoms with Gasteiger partial charge in [0.05, 0.1) is 17.1 Å². The Balaban J connectivity index is 2.24. The number of imidazole rings is 1. The minimum absolute atomic E-state index is 0.321. The van der Waals surface area contributed by atoms with Gasteiger partial charge in [0.25, 0.3) is 0 Å². The number of aromatic amines is 1. The number of aromatic nitrogens is 2. The van der Waals surface area contributed by atoms with Crippen LogP contribution in [0.3, 0.4) is 0 Å². The maximum Gasteiger partial charge on any atom is 0.178 e. The fourth-order valence-corrected chi connectivity index (χ4v) is 4.13. The van der Waals surface area contributed by atoms with Crippen molar-refractivity contribution >= 4 is 57.2 Å². The van der Waals surface area contributed by atoms with Crippen molar-refractivity contribution < 1.29 is 0 Å². The van der Waals surface area contributed by atoms with Gasteiger partial charge in [0.2, 0.25) is 0 Å². The van der Waals surface area contributed by atoms with Gasteiger partial charge in [-0.3, -0.25) is 0 Å². The molecular weight excluding hydrogens is 387 g/mol. The quantitative estimate of drug-likeness (QED) is 0.464. The standard InChI is InChI=1S/C14H13IN2S2/c1-2-11(13-4-3-7-19-13)17-12-6-5-9(15)8-10(12)16-14(17)18/h3-8,11H,2H2,1H3,(H,16,18). The fraction of sp³-hybridized carbons (Fsp3) is 0.214. The Hall–Kier alpha value is -0.660. The van der Waals surface area contributed by atoms with Gasteiger partial charge in [0.15, 0.2) is 4.77 Å². The van der Waals surface area contributed by atoms with Crippen LogP contribution in [0.1, 0.15) is 24.3 Å². The third-order valence-corrected chi connectivity index (χ3v) is 5.19. The molecule has 0 bridgehead atoms. The van der Waals surface area contributed by atoms with Crippen LogP contribution in [0, 0.1) is 8.34 Å². The Bertz CT molecular complexity index is 755. The molecule has 5 heteroatoms. The Labute approximate surface area is 134 Å². The van der Waals surface area contributed by atoms with Crippen LogP contribution in [0.15, 0.2) is 35.7 Å². The first-order valence-corrected chi connectivity index (χ1v) is 8.50. The lowest BCUT2D eigenvalue weighted by Gasteiger charge is -2.16. The van der Waals surface area contributed by atoms with Crippen LogP contribution in [-0.4, -0.2) is 9.55 Å². The van der Waals surface area contributed by atoms with E-state index >= 15 is 0 Å². The molecule has 19 heavy (non-hydrogen) atoms. The second kappa shape index (κ2) is 5.38. The molecule has 0 radical (unpaired) electrons. The summed E-state index contributed by atoms with van der Waals surface area (Å²) in [5.74, 6) is 0. The molecule has 0 aliphatic carbocycles. The minimum Gasteiger partial charge on any atom is -0.331 e. The van der Waals surface area contributed by atoms with Crippen molar-refractivity contribution in [3.8, 4) is 0 Å². The lowest BCUT2D eigenvalue weighted by Crippen LogP contribution is -2.08. The summed E-state index contributed by atoms with van der Waals surface area (Å²) in [5, 5.41) is 2.12. The number of thiophene rings is 1. The largest absolute Gasteiger partial charge is 0.331 e. The molecule has 0 fully saturated rings. The number of halogens is 1. The molecule has 1 aromatic carbocycles. The number of H-pyrrole nitrogens is 1. The van der Waals surface area contributed by atoms with E-state index < -0.39 is 0 Å². The van der Waals surface area contributed by atoms with Gasteiger partial charge in [-0.1, -0.05) is 13.0 Å². The highest BCUT2D eigenvalue weighted by Crippen LogP contribution is 2.30. The first-order valence-electron chi connectivity index (χ1n) is 6.14. The molecule has 98 valence electrons. The van der Waals surface area contributed by atoms with Gasteiger partial charge in [-0.15, -0.1) is 11.3 Å². The number of fused-ring (bicyclic) bond motifs is 1. The van der Waals surface area contributed by atoms with Crippen LogP contribution in [-0.2, 0) is 0 Å². The molecule has 0 spiro atoms. The van der Waals surface area contributed by atoms with E-state index in [-0.39, 0.29) is 0 Å². The maximum atomic E-state index is 5.52. The van der Waals surface area contributed by atoms with Gasteiger partial charge in [-0.05, 0) is 70.9 Å².